The van der Waals surface area contributed by atoms with Gasteiger partial charge in [0, 0.05) is 17.9 Å². The SMILES string of the molecule is CCOC(=O)C=CSC(C)[N+](=O)[O-]. The standard InChI is InChI=1S/C7H11NO4S/c1-3-12-7(9)4-5-13-6(2)8(10)11/h4-6H,3H2,1-2H3. The van der Waals surface area contributed by atoms with Gasteiger partial charge in [0.25, 0.3) is 5.37 Å². The van der Waals surface area contributed by atoms with Crippen LogP contribution in [0.15, 0.2) is 11.5 Å². The molecule has 13 heavy (non-hydrogen) atoms. The molecule has 0 aliphatic carbocycles. The van der Waals surface area contributed by atoms with Gasteiger partial charge in [-0.05, 0) is 12.3 Å². The van der Waals surface area contributed by atoms with Crippen LogP contribution in [0, 0.1) is 10.1 Å². The first kappa shape index (κ1) is 12.0. The predicted octanol–water partition coefficient (Wildman–Crippen LogP) is 1.42. The molecule has 1 unspecified atom stereocenters. The lowest BCUT2D eigenvalue weighted by molar-refractivity contribution is -0.490. The maximum Gasteiger partial charge on any atom is 0.331 e. The Kier molecular flexibility index (Phi) is 5.96. The van der Waals surface area contributed by atoms with Crippen molar-refractivity contribution in [2.24, 2.45) is 0 Å². The highest BCUT2D eigenvalue weighted by Crippen LogP contribution is 2.11. The first-order chi connectivity index (χ1) is 6.07. The maximum absolute atomic E-state index is 10.7. The molecule has 0 N–H and O–H groups in total. The van der Waals surface area contributed by atoms with Crippen LogP contribution in [0.5, 0.6) is 0 Å². The van der Waals surface area contributed by atoms with Crippen molar-refractivity contribution in [3.63, 3.8) is 0 Å². The van der Waals surface area contributed by atoms with Crippen molar-refractivity contribution >= 4 is 17.7 Å². The Morgan fingerprint density at radius 1 is 1.77 bits per heavy atom. The molecule has 0 aromatic carbocycles. The second-order valence-corrected chi connectivity index (χ2v) is 3.30. The number of nitrogens with zero attached hydrogens (tertiary/aromatic N) is 1. The van der Waals surface area contributed by atoms with E-state index in [4.69, 9.17) is 0 Å². The van der Waals surface area contributed by atoms with Crippen LogP contribution in [0.1, 0.15) is 13.8 Å². The number of nitro groups is 1. The Morgan fingerprint density at radius 3 is 2.85 bits per heavy atom. The zero-order chi connectivity index (χ0) is 10.3. The second kappa shape index (κ2) is 6.47. The van der Waals surface area contributed by atoms with Crippen molar-refractivity contribution in [1.29, 1.82) is 0 Å². The Morgan fingerprint density at radius 2 is 2.38 bits per heavy atom. The van der Waals surface area contributed by atoms with Gasteiger partial charge in [-0.2, -0.15) is 0 Å². The number of esters is 1. The molecule has 0 aliphatic heterocycles. The summed E-state index contributed by atoms with van der Waals surface area (Å²) < 4.78 is 4.58. The van der Waals surface area contributed by atoms with Crippen molar-refractivity contribution in [3.8, 4) is 0 Å². The summed E-state index contributed by atoms with van der Waals surface area (Å²) >= 11 is 0.958. The molecule has 0 saturated carbocycles. The molecule has 0 rings (SSSR count). The highest BCUT2D eigenvalue weighted by atomic mass is 32.2. The fourth-order valence-electron chi connectivity index (χ4n) is 0.449. The van der Waals surface area contributed by atoms with E-state index < -0.39 is 16.3 Å². The van der Waals surface area contributed by atoms with Crippen LogP contribution in [-0.4, -0.2) is 22.9 Å². The van der Waals surface area contributed by atoms with Crippen LogP contribution in [0.4, 0.5) is 0 Å². The van der Waals surface area contributed by atoms with Gasteiger partial charge in [0.15, 0.2) is 0 Å². The largest absolute Gasteiger partial charge is 0.463 e. The van der Waals surface area contributed by atoms with Crippen molar-refractivity contribution in [2.45, 2.75) is 19.2 Å². The molecule has 1 atom stereocenters. The molecule has 6 heteroatoms. The normalized spacial score (nSPS) is 12.8. The van der Waals surface area contributed by atoms with Crippen molar-refractivity contribution in [3.05, 3.63) is 21.6 Å². The molecule has 0 amide bonds. The third-order valence-corrected chi connectivity index (χ3v) is 1.92. The van der Waals surface area contributed by atoms with E-state index in [0.29, 0.717) is 6.61 Å². The van der Waals surface area contributed by atoms with Crippen LogP contribution >= 0.6 is 11.8 Å². The van der Waals surface area contributed by atoms with Gasteiger partial charge in [-0.3, -0.25) is 10.1 Å². The minimum atomic E-state index is -0.745. The number of ether oxygens (including phenoxy) is 1. The molecule has 5 nitrogen and oxygen atoms in total. The lowest BCUT2D eigenvalue weighted by atomic mass is 10.6. The van der Waals surface area contributed by atoms with Crippen molar-refractivity contribution in [1.82, 2.24) is 0 Å². The van der Waals surface area contributed by atoms with E-state index in [1.807, 2.05) is 0 Å². The Balaban J connectivity index is 3.74. The zero-order valence-electron chi connectivity index (χ0n) is 7.43. The number of rotatable bonds is 5. The van der Waals surface area contributed by atoms with Crippen LogP contribution < -0.4 is 0 Å². The molecule has 0 aromatic rings. The maximum atomic E-state index is 10.7. The van der Waals surface area contributed by atoms with Crippen LogP contribution in [0.3, 0.4) is 0 Å². The van der Waals surface area contributed by atoms with E-state index in [1.54, 1.807) is 6.92 Å². The molecule has 0 radical (unpaired) electrons. The molecule has 0 spiro atoms. The van der Waals surface area contributed by atoms with E-state index in [-0.39, 0.29) is 0 Å². The summed E-state index contributed by atoms with van der Waals surface area (Å²) in [4.78, 5) is 20.4. The fourth-order valence-corrected chi connectivity index (χ4v) is 0.965. The Bertz CT molecular complexity index is 217. The summed E-state index contributed by atoms with van der Waals surface area (Å²) in [6, 6.07) is 0. The molecular weight excluding hydrogens is 194 g/mol. The molecule has 74 valence electrons. The average molecular weight is 205 g/mol. The summed E-state index contributed by atoms with van der Waals surface area (Å²) in [5.74, 6) is -0.481. The number of hydrogen-bond acceptors (Lipinski definition) is 5. The van der Waals surface area contributed by atoms with E-state index in [1.165, 1.54) is 18.4 Å². The zero-order valence-corrected chi connectivity index (χ0v) is 8.24. The van der Waals surface area contributed by atoms with E-state index in [9.17, 15) is 14.9 Å². The first-order valence-electron chi connectivity index (χ1n) is 3.70. The number of hydrogen-bond donors (Lipinski definition) is 0. The van der Waals surface area contributed by atoms with Gasteiger partial charge in [-0.15, -0.1) is 0 Å². The van der Waals surface area contributed by atoms with E-state index in [0.717, 1.165) is 11.8 Å². The lowest BCUT2D eigenvalue weighted by Gasteiger charge is -1.97. The van der Waals surface area contributed by atoms with Crippen LogP contribution in [-0.2, 0) is 9.53 Å². The number of thioether (sulfide) groups is 1. The quantitative estimate of drug-likeness (QED) is 0.223. The Labute approximate surface area is 80.3 Å². The van der Waals surface area contributed by atoms with Gasteiger partial charge >= 0.3 is 5.97 Å². The van der Waals surface area contributed by atoms with Crippen LogP contribution in [0.2, 0.25) is 0 Å². The van der Waals surface area contributed by atoms with E-state index in [2.05, 4.69) is 4.74 Å². The molecule has 0 aliphatic rings. The van der Waals surface area contributed by atoms with Crippen LogP contribution in [0.25, 0.3) is 0 Å². The number of carbonyl (C=O) groups is 1. The van der Waals surface area contributed by atoms with Gasteiger partial charge < -0.3 is 4.74 Å². The molecule has 0 fully saturated rings. The van der Waals surface area contributed by atoms with Gasteiger partial charge in [0.2, 0.25) is 0 Å². The van der Waals surface area contributed by atoms with Gasteiger partial charge in [0.05, 0.1) is 6.61 Å². The molecule has 0 bridgehead atoms. The van der Waals surface area contributed by atoms with Crippen molar-refractivity contribution in [2.75, 3.05) is 6.61 Å². The highest BCUT2D eigenvalue weighted by Gasteiger charge is 2.10. The Hall–Kier alpha value is -1.04. The summed E-state index contributed by atoms with van der Waals surface area (Å²) in [6.45, 7) is 3.44. The lowest BCUT2D eigenvalue weighted by Crippen LogP contribution is -2.08. The summed E-state index contributed by atoms with van der Waals surface area (Å²) in [5.41, 5.74) is 0. The minimum Gasteiger partial charge on any atom is -0.463 e. The first-order valence-corrected chi connectivity index (χ1v) is 4.64. The van der Waals surface area contributed by atoms with Gasteiger partial charge in [0.1, 0.15) is 0 Å². The fraction of sp³-hybridized carbons (Fsp3) is 0.571. The average Bonchev–Trinajstić information content (AvgIpc) is 2.04. The predicted molar refractivity (Wildman–Crippen MR) is 49.8 cm³/mol. The highest BCUT2D eigenvalue weighted by molar-refractivity contribution is 8.02. The molecule has 0 saturated heterocycles. The van der Waals surface area contributed by atoms with Gasteiger partial charge in [-0.1, -0.05) is 11.8 Å². The van der Waals surface area contributed by atoms with Crippen molar-refractivity contribution < 1.29 is 14.5 Å². The summed E-state index contributed by atoms with van der Waals surface area (Å²) in [7, 11) is 0. The minimum absolute atomic E-state index is 0.304. The molecular formula is C7H11NO4S. The second-order valence-electron chi connectivity index (χ2n) is 2.08. The van der Waals surface area contributed by atoms with E-state index >= 15 is 0 Å². The monoisotopic (exact) mass is 205 g/mol. The number of carbonyl (C=O) groups excluding carboxylic acids is 1. The molecule has 0 aromatic heterocycles. The summed E-state index contributed by atoms with van der Waals surface area (Å²) in [5, 5.41) is 10.8. The third-order valence-electron chi connectivity index (χ3n) is 1.06. The summed E-state index contributed by atoms with van der Waals surface area (Å²) in [6.07, 6.45) is 1.17. The van der Waals surface area contributed by atoms with Gasteiger partial charge in [-0.25, -0.2) is 4.79 Å². The topological polar surface area (TPSA) is 69.4 Å². The molecule has 0 heterocycles. The third kappa shape index (κ3) is 6.15. The smallest absolute Gasteiger partial charge is 0.331 e.